The van der Waals surface area contributed by atoms with Crippen LogP contribution in [0.15, 0.2) is 23.6 Å². The summed E-state index contributed by atoms with van der Waals surface area (Å²) in [5.41, 5.74) is 1.78. The molecular formula is C14H15ClN2O2S. The average Bonchev–Trinajstić information content (AvgIpc) is 2.83. The van der Waals surface area contributed by atoms with Gasteiger partial charge in [0.1, 0.15) is 5.75 Å². The Bertz CT molecular complexity index is 613. The molecule has 0 fully saturated rings. The number of ether oxygens (including phenoxy) is 1. The van der Waals surface area contributed by atoms with E-state index in [-0.39, 0.29) is 12.5 Å². The van der Waals surface area contributed by atoms with Gasteiger partial charge in [0.15, 0.2) is 6.61 Å². The molecule has 1 amide bonds. The van der Waals surface area contributed by atoms with E-state index < -0.39 is 0 Å². The average molecular weight is 311 g/mol. The number of rotatable bonds is 5. The number of nitrogens with zero attached hydrogens (tertiary/aromatic N) is 1. The van der Waals surface area contributed by atoms with Crippen LogP contribution in [0.5, 0.6) is 5.75 Å². The summed E-state index contributed by atoms with van der Waals surface area (Å²) in [7, 11) is 0. The molecule has 6 heteroatoms. The molecule has 1 N–H and O–H groups in total. The number of carbonyl (C=O) groups excluding carboxylic acids is 1. The molecule has 106 valence electrons. The third-order valence-corrected chi connectivity index (χ3v) is 3.88. The second kappa shape index (κ2) is 6.72. The molecule has 20 heavy (non-hydrogen) atoms. The fraction of sp³-hybridized carbons (Fsp3) is 0.286. The first-order valence-corrected chi connectivity index (χ1v) is 7.37. The summed E-state index contributed by atoms with van der Waals surface area (Å²) in [5, 5.41) is 6.36. The van der Waals surface area contributed by atoms with Gasteiger partial charge >= 0.3 is 0 Å². The van der Waals surface area contributed by atoms with Crippen LogP contribution >= 0.6 is 22.9 Å². The van der Waals surface area contributed by atoms with E-state index in [0.717, 1.165) is 16.3 Å². The zero-order valence-electron chi connectivity index (χ0n) is 11.3. The maximum atomic E-state index is 11.7. The van der Waals surface area contributed by atoms with Crippen LogP contribution < -0.4 is 10.1 Å². The van der Waals surface area contributed by atoms with Gasteiger partial charge in [-0.15, -0.1) is 11.3 Å². The summed E-state index contributed by atoms with van der Waals surface area (Å²) in [4.78, 5) is 15.9. The van der Waals surface area contributed by atoms with Gasteiger partial charge in [-0.2, -0.15) is 0 Å². The largest absolute Gasteiger partial charge is 0.484 e. The summed E-state index contributed by atoms with van der Waals surface area (Å²) in [5.74, 6) is 0.454. The SMILES string of the molecule is Cc1nc(CNC(=O)COc2ccc(Cl)c(C)c2)cs1. The van der Waals surface area contributed by atoms with Crippen LogP contribution in [-0.2, 0) is 11.3 Å². The zero-order chi connectivity index (χ0) is 14.5. The molecule has 4 nitrogen and oxygen atoms in total. The Hall–Kier alpha value is -1.59. The predicted molar refractivity (Wildman–Crippen MR) is 80.4 cm³/mol. The Labute approximate surface area is 126 Å². The lowest BCUT2D eigenvalue weighted by atomic mass is 10.2. The summed E-state index contributed by atoms with van der Waals surface area (Å²) >= 11 is 7.49. The second-order valence-corrected chi connectivity index (χ2v) is 5.80. The first kappa shape index (κ1) is 14.8. The predicted octanol–water partition coefficient (Wildman–Crippen LogP) is 3.11. The maximum Gasteiger partial charge on any atom is 0.258 e. The molecule has 0 spiro atoms. The number of carbonyl (C=O) groups is 1. The normalized spacial score (nSPS) is 10.3. The molecule has 0 atom stereocenters. The van der Waals surface area contributed by atoms with Gasteiger partial charge in [0.2, 0.25) is 0 Å². The van der Waals surface area contributed by atoms with Crippen molar-refractivity contribution >= 4 is 28.8 Å². The minimum Gasteiger partial charge on any atom is -0.484 e. The molecule has 0 aliphatic rings. The smallest absolute Gasteiger partial charge is 0.258 e. The minimum atomic E-state index is -0.178. The molecule has 2 rings (SSSR count). The summed E-state index contributed by atoms with van der Waals surface area (Å²) in [6.07, 6.45) is 0. The van der Waals surface area contributed by atoms with Crippen molar-refractivity contribution in [1.82, 2.24) is 10.3 Å². The molecular weight excluding hydrogens is 296 g/mol. The maximum absolute atomic E-state index is 11.7. The second-order valence-electron chi connectivity index (χ2n) is 4.33. The highest BCUT2D eigenvalue weighted by atomic mass is 35.5. The molecule has 2 aromatic rings. The number of aryl methyl sites for hydroxylation is 2. The number of thiazole rings is 1. The molecule has 0 aliphatic heterocycles. The van der Waals surface area contributed by atoms with Crippen LogP contribution in [0.2, 0.25) is 5.02 Å². The first-order valence-electron chi connectivity index (χ1n) is 6.11. The standard InChI is InChI=1S/C14H15ClN2O2S/c1-9-5-12(3-4-13(9)15)19-7-14(18)16-6-11-8-20-10(2)17-11/h3-5,8H,6-7H2,1-2H3,(H,16,18). The van der Waals surface area contributed by atoms with Crippen molar-refractivity contribution in [3.05, 3.63) is 44.9 Å². The molecule has 0 radical (unpaired) electrons. The zero-order valence-corrected chi connectivity index (χ0v) is 12.8. The van der Waals surface area contributed by atoms with Gasteiger partial charge in [-0.25, -0.2) is 4.98 Å². The number of hydrogen-bond donors (Lipinski definition) is 1. The van der Waals surface area contributed by atoms with Gasteiger partial charge in [-0.1, -0.05) is 11.6 Å². The monoisotopic (exact) mass is 310 g/mol. The first-order chi connectivity index (χ1) is 9.54. The van der Waals surface area contributed by atoms with Crippen molar-refractivity contribution in [3.8, 4) is 5.75 Å². The van der Waals surface area contributed by atoms with Crippen LogP contribution in [0.25, 0.3) is 0 Å². The van der Waals surface area contributed by atoms with Gasteiger partial charge in [0, 0.05) is 10.4 Å². The van der Waals surface area contributed by atoms with E-state index in [1.807, 2.05) is 19.2 Å². The molecule has 0 unspecified atom stereocenters. The Kier molecular flexibility index (Phi) is 4.98. The number of amides is 1. The highest BCUT2D eigenvalue weighted by molar-refractivity contribution is 7.09. The van der Waals surface area contributed by atoms with Crippen LogP contribution in [0, 0.1) is 13.8 Å². The molecule has 0 aliphatic carbocycles. The minimum absolute atomic E-state index is 0.0236. The lowest BCUT2D eigenvalue weighted by Gasteiger charge is -2.08. The van der Waals surface area contributed by atoms with Crippen LogP contribution in [0.4, 0.5) is 0 Å². The number of hydrogen-bond acceptors (Lipinski definition) is 4. The van der Waals surface area contributed by atoms with Crippen molar-refractivity contribution in [2.45, 2.75) is 20.4 Å². The molecule has 0 saturated carbocycles. The van der Waals surface area contributed by atoms with E-state index in [2.05, 4.69) is 10.3 Å². The third kappa shape index (κ3) is 4.21. The van der Waals surface area contributed by atoms with Gasteiger partial charge in [-0.05, 0) is 37.6 Å². The van der Waals surface area contributed by atoms with Gasteiger partial charge in [-0.3, -0.25) is 4.79 Å². The van der Waals surface area contributed by atoms with Crippen molar-refractivity contribution < 1.29 is 9.53 Å². The Morgan fingerprint density at radius 3 is 2.90 bits per heavy atom. The highest BCUT2D eigenvalue weighted by Crippen LogP contribution is 2.20. The Morgan fingerprint density at radius 2 is 2.25 bits per heavy atom. The lowest BCUT2D eigenvalue weighted by molar-refractivity contribution is -0.123. The number of benzene rings is 1. The van der Waals surface area contributed by atoms with Crippen molar-refractivity contribution in [2.75, 3.05) is 6.61 Å². The quantitative estimate of drug-likeness (QED) is 0.923. The number of aromatic nitrogens is 1. The molecule has 1 heterocycles. The third-order valence-electron chi connectivity index (χ3n) is 2.63. The van der Waals surface area contributed by atoms with E-state index >= 15 is 0 Å². The summed E-state index contributed by atoms with van der Waals surface area (Å²) in [6, 6.07) is 5.30. The fourth-order valence-electron chi connectivity index (χ4n) is 1.59. The van der Waals surface area contributed by atoms with Crippen LogP contribution in [-0.4, -0.2) is 17.5 Å². The molecule has 1 aromatic carbocycles. The van der Waals surface area contributed by atoms with Crippen LogP contribution in [0.3, 0.4) is 0 Å². The van der Waals surface area contributed by atoms with E-state index in [1.165, 1.54) is 0 Å². The van der Waals surface area contributed by atoms with E-state index in [4.69, 9.17) is 16.3 Å². The van der Waals surface area contributed by atoms with Crippen molar-refractivity contribution in [3.63, 3.8) is 0 Å². The van der Waals surface area contributed by atoms with E-state index in [9.17, 15) is 4.79 Å². The molecule has 0 saturated heterocycles. The molecule has 1 aromatic heterocycles. The number of nitrogens with one attached hydrogen (secondary N) is 1. The highest BCUT2D eigenvalue weighted by Gasteiger charge is 2.05. The van der Waals surface area contributed by atoms with Gasteiger partial charge < -0.3 is 10.1 Å². The molecule has 0 bridgehead atoms. The number of halogens is 1. The Morgan fingerprint density at radius 1 is 1.45 bits per heavy atom. The van der Waals surface area contributed by atoms with Crippen LogP contribution in [0.1, 0.15) is 16.3 Å². The van der Waals surface area contributed by atoms with E-state index in [0.29, 0.717) is 17.3 Å². The van der Waals surface area contributed by atoms with Gasteiger partial charge in [0.05, 0.1) is 17.2 Å². The van der Waals surface area contributed by atoms with Crippen molar-refractivity contribution in [1.29, 1.82) is 0 Å². The lowest BCUT2D eigenvalue weighted by Crippen LogP contribution is -2.28. The van der Waals surface area contributed by atoms with E-state index in [1.54, 1.807) is 29.5 Å². The fourth-order valence-corrected chi connectivity index (χ4v) is 2.32. The van der Waals surface area contributed by atoms with Crippen molar-refractivity contribution in [2.24, 2.45) is 0 Å². The Balaban J connectivity index is 1.78. The van der Waals surface area contributed by atoms with Gasteiger partial charge in [0.25, 0.3) is 5.91 Å². The summed E-state index contributed by atoms with van der Waals surface area (Å²) in [6.45, 7) is 4.22. The summed E-state index contributed by atoms with van der Waals surface area (Å²) < 4.78 is 5.41. The topological polar surface area (TPSA) is 51.2 Å².